The average molecular weight is 319 g/mol. The van der Waals surface area contributed by atoms with Crippen molar-refractivity contribution in [2.24, 2.45) is 5.92 Å². The van der Waals surface area contributed by atoms with Crippen molar-refractivity contribution < 1.29 is 13.2 Å². The first-order valence-corrected chi connectivity index (χ1v) is 9.11. The lowest BCUT2D eigenvalue weighted by Gasteiger charge is -2.17. The maximum absolute atomic E-state index is 12.5. The van der Waals surface area contributed by atoms with Crippen LogP contribution < -0.4 is 0 Å². The molecule has 0 bridgehead atoms. The third-order valence-corrected chi connectivity index (χ3v) is 5.18. The highest BCUT2D eigenvalue weighted by molar-refractivity contribution is 8.13. The summed E-state index contributed by atoms with van der Waals surface area (Å²) in [5, 5.41) is 0. The quantitative estimate of drug-likeness (QED) is 0.800. The van der Waals surface area contributed by atoms with Gasteiger partial charge >= 0.3 is 0 Å². The van der Waals surface area contributed by atoms with E-state index in [1.54, 1.807) is 9.47 Å². The molecule has 1 fully saturated rings. The lowest BCUT2D eigenvalue weighted by atomic mass is 10.1. The minimum Gasteiger partial charge on any atom is -0.342 e. The Kier molecular flexibility index (Phi) is 4.44. The van der Waals surface area contributed by atoms with Gasteiger partial charge in [0.2, 0.25) is 0 Å². The second kappa shape index (κ2) is 5.77. The van der Waals surface area contributed by atoms with Crippen LogP contribution in [0.15, 0.2) is 17.2 Å². The number of hydrogen-bond acceptors (Lipinski definition) is 3. The number of hydrogen-bond donors (Lipinski definition) is 0. The van der Waals surface area contributed by atoms with Crippen LogP contribution >= 0.6 is 10.7 Å². The largest absolute Gasteiger partial charge is 0.342 e. The van der Waals surface area contributed by atoms with Crippen LogP contribution in [0.1, 0.15) is 37.2 Å². The Morgan fingerprint density at radius 1 is 1.45 bits per heavy atom. The Bertz CT molecular complexity index is 609. The van der Waals surface area contributed by atoms with E-state index in [1.165, 1.54) is 12.3 Å². The molecule has 1 aliphatic rings. The maximum Gasteiger partial charge on any atom is 0.270 e. The Balaban J connectivity index is 2.28. The normalized spacial score (nSPS) is 19.6. The molecular weight excluding hydrogens is 300 g/mol. The van der Waals surface area contributed by atoms with Crippen molar-refractivity contribution >= 4 is 25.6 Å². The molecule has 1 amide bonds. The number of rotatable bonds is 4. The van der Waals surface area contributed by atoms with Gasteiger partial charge in [0, 0.05) is 36.5 Å². The second-order valence-electron chi connectivity index (χ2n) is 5.10. The lowest BCUT2D eigenvalue weighted by molar-refractivity contribution is 0.0776. The monoisotopic (exact) mass is 318 g/mol. The number of carbonyl (C=O) groups is 1. The zero-order valence-electron chi connectivity index (χ0n) is 11.7. The van der Waals surface area contributed by atoms with E-state index in [2.05, 4.69) is 6.92 Å². The van der Waals surface area contributed by atoms with Crippen molar-refractivity contribution in [1.82, 2.24) is 9.47 Å². The van der Waals surface area contributed by atoms with Crippen LogP contribution in [0.2, 0.25) is 0 Å². The summed E-state index contributed by atoms with van der Waals surface area (Å²) in [4.78, 5) is 14.3. The minimum atomic E-state index is -3.81. The molecule has 0 aromatic carbocycles. The van der Waals surface area contributed by atoms with E-state index in [4.69, 9.17) is 10.7 Å². The van der Waals surface area contributed by atoms with E-state index in [1.807, 2.05) is 6.92 Å². The summed E-state index contributed by atoms with van der Waals surface area (Å²) in [6, 6.07) is 1.37. The fourth-order valence-electron chi connectivity index (χ4n) is 2.57. The number of nitrogens with zero attached hydrogens (tertiary/aromatic N) is 2. The molecule has 1 aliphatic heterocycles. The molecular formula is C13H19ClN2O3S. The van der Waals surface area contributed by atoms with Gasteiger partial charge in [0.1, 0.15) is 10.6 Å². The van der Waals surface area contributed by atoms with Crippen LogP contribution in [0, 0.1) is 5.92 Å². The van der Waals surface area contributed by atoms with Crippen molar-refractivity contribution in [1.29, 1.82) is 0 Å². The van der Waals surface area contributed by atoms with Crippen molar-refractivity contribution in [2.45, 2.75) is 38.1 Å². The second-order valence-corrected chi connectivity index (χ2v) is 7.66. The molecule has 1 aromatic heterocycles. The van der Waals surface area contributed by atoms with Gasteiger partial charge in [-0.3, -0.25) is 4.79 Å². The number of amides is 1. The van der Waals surface area contributed by atoms with Crippen LogP contribution in [0.4, 0.5) is 0 Å². The van der Waals surface area contributed by atoms with Gasteiger partial charge in [-0.15, -0.1) is 0 Å². The van der Waals surface area contributed by atoms with Gasteiger partial charge in [0.05, 0.1) is 0 Å². The van der Waals surface area contributed by atoms with Crippen LogP contribution in [0.25, 0.3) is 0 Å². The van der Waals surface area contributed by atoms with Gasteiger partial charge in [-0.05, 0) is 25.3 Å². The Morgan fingerprint density at radius 2 is 2.15 bits per heavy atom. The molecule has 0 spiro atoms. The van der Waals surface area contributed by atoms with Crippen molar-refractivity contribution in [2.75, 3.05) is 13.1 Å². The van der Waals surface area contributed by atoms with Crippen LogP contribution in [-0.4, -0.2) is 36.9 Å². The first kappa shape index (κ1) is 15.4. The summed E-state index contributed by atoms with van der Waals surface area (Å²) in [6.07, 6.45) is 3.48. The molecule has 2 rings (SSSR count). The zero-order chi connectivity index (χ0) is 14.9. The highest BCUT2D eigenvalue weighted by Gasteiger charge is 2.28. The van der Waals surface area contributed by atoms with Gasteiger partial charge < -0.3 is 9.47 Å². The molecule has 1 atom stereocenters. The molecule has 7 heteroatoms. The summed E-state index contributed by atoms with van der Waals surface area (Å²) in [6.45, 7) is 5.98. The minimum absolute atomic E-state index is 0.0180. The highest BCUT2D eigenvalue weighted by Crippen LogP contribution is 2.24. The van der Waals surface area contributed by atoms with Gasteiger partial charge in [-0.1, -0.05) is 13.3 Å². The average Bonchev–Trinajstić information content (AvgIpc) is 3.03. The number of halogens is 1. The standard InChI is InChI=1S/C13H19ClN2O3S/c1-3-10-5-6-16(8-10)13(17)12-7-11(20(14,18)19)9-15(12)4-2/h7,9-10H,3-6,8H2,1-2H3. The van der Waals surface area contributed by atoms with Gasteiger partial charge in [0.25, 0.3) is 15.0 Å². The van der Waals surface area contributed by atoms with E-state index in [0.717, 1.165) is 25.9 Å². The third kappa shape index (κ3) is 3.01. The highest BCUT2D eigenvalue weighted by atomic mass is 35.7. The van der Waals surface area contributed by atoms with Crippen LogP contribution in [-0.2, 0) is 15.6 Å². The van der Waals surface area contributed by atoms with Crippen molar-refractivity contribution in [3.8, 4) is 0 Å². The van der Waals surface area contributed by atoms with E-state index >= 15 is 0 Å². The van der Waals surface area contributed by atoms with E-state index in [9.17, 15) is 13.2 Å². The smallest absolute Gasteiger partial charge is 0.270 e. The first-order chi connectivity index (χ1) is 9.36. The van der Waals surface area contributed by atoms with Gasteiger partial charge in [-0.25, -0.2) is 8.42 Å². The molecule has 0 saturated carbocycles. The molecule has 0 N–H and O–H groups in total. The maximum atomic E-state index is 12.5. The number of aromatic nitrogens is 1. The number of aryl methyl sites for hydroxylation is 1. The van der Waals surface area contributed by atoms with E-state index in [0.29, 0.717) is 18.2 Å². The van der Waals surface area contributed by atoms with Crippen LogP contribution in [0.3, 0.4) is 0 Å². The Hall–Kier alpha value is -1.01. The fourth-order valence-corrected chi connectivity index (χ4v) is 3.33. The molecule has 112 valence electrons. The predicted octanol–water partition coefficient (Wildman–Crippen LogP) is 2.31. The SMILES string of the molecule is CCC1CCN(C(=O)c2cc(S(=O)(=O)Cl)cn2CC)C1. The third-order valence-electron chi connectivity index (χ3n) is 3.86. The summed E-state index contributed by atoms with van der Waals surface area (Å²) in [5.74, 6) is 0.426. The summed E-state index contributed by atoms with van der Waals surface area (Å²) < 4.78 is 24.4. The zero-order valence-corrected chi connectivity index (χ0v) is 13.2. The van der Waals surface area contributed by atoms with Gasteiger partial charge in [-0.2, -0.15) is 0 Å². The summed E-state index contributed by atoms with van der Waals surface area (Å²) in [7, 11) is 1.54. The van der Waals surface area contributed by atoms with Crippen molar-refractivity contribution in [3.63, 3.8) is 0 Å². The molecule has 20 heavy (non-hydrogen) atoms. The van der Waals surface area contributed by atoms with Crippen LogP contribution in [0.5, 0.6) is 0 Å². The molecule has 5 nitrogen and oxygen atoms in total. The molecule has 0 radical (unpaired) electrons. The topological polar surface area (TPSA) is 59.4 Å². The molecule has 1 aromatic rings. The Morgan fingerprint density at radius 3 is 2.65 bits per heavy atom. The molecule has 1 saturated heterocycles. The molecule has 1 unspecified atom stereocenters. The lowest BCUT2D eigenvalue weighted by Crippen LogP contribution is -2.30. The predicted molar refractivity (Wildman–Crippen MR) is 77.4 cm³/mol. The summed E-state index contributed by atoms with van der Waals surface area (Å²) in [5.41, 5.74) is 0.392. The number of likely N-dealkylation sites (tertiary alicyclic amines) is 1. The summed E-state index contributed by atoms with van der Waals surface area (Å²) >= 11 is 0. The van der Waals surface area contributed by atoms with Gasteiger partial charge in [0.15, 0.2) is 0 Å². The first-order valence-electron chi connectivity index (χ1n) is 6.80. The number of carbonyl (C=O) groups excluding carboxylic acids is 1. The van der Waals surface area contributed by atoms with Crippen molar-refractivity contribution in [3.05, 3.63) is 18.0 Å². The Labute approximate surface area is 123 Å². The molecule has 0 aliphatic carbocycles. The van der Waals surface area contributed by atoms with E-state index in [-0.39, 0.29) is 10.8 Å². The molecule has 2 heterocycles. The fraction of sp³-hybridized carbons (Fsp3) is 0.615. The van der Waals surface area contributed by atoms with E-state index < -0.39 is 9.05 Å².